The van der Waals surface area contributed by atoms with Crippen LogP contribution in [0.25, 0.3) is 0 Å². The lowest BCUT2D eigenvalue weighted by atomic mass is 10.0. The first-order valence-electron chi connectivity index (χ1n) is 7.45. The summed E-state index contributed by atoms with van der Waals surface area (Å²) >= 11 is 0. The van der Waals surface area contributed by atoms with Gasteiger partial charge in [0.05, 0.1) is 12.6 Å². The predicted molar refractivity (Wildman–Crippen MR) is 90.4 cm³/mol. The van der Waals surface area contributed by atoms with Crippen molar-refractivity contribution in [2.24, 2.45) is 0 Å². The Hall–Kier alpha value is -1.59. The zero-order valence-electron chi connectivity index (χ0n) is 13.1. The highest BCUT2D eigenvalue weighted by Crippen LogP contribution is 2.19. The molecule has 1 heterocycles. The van der Waals surface area contributed by atoms with Crippen molar-refractivity contribution in [3.8, 4) is 0 Å². The summed E-state index contributed by atoms with van der Waals surface area (Å²) in [4.78, 5) is 23.9. The van der Waals surface area contributed by atoms with Gasteiger partial charge in [-0.15, -0.1) is 12.4 Å². The van der Waals surface area contributed by atoms with Gasteiger partial charge in [-0.3, -0.25) is 9.59 Å². The topological polar surface area (TPSA) is 70.2 Å². The maximum Gasteiger partial charge on any atom is 0.243 e. The lowest BCUT2D eigenvalue weighted by molar-refractivity contribution is -0.126. The van der Waals surface area contributed by atoms with E-state index in [1.54, 1.807) is 0 Å². The number of anilines is 1. The molecule has 1 fully saturated rings. The van der Waals surface area contributed by atoms with Gasteiger partial charge in [-0.25, -0.2) is 0 Å². The number of para-hydroxylation sites is 1. The first-order chi connectivity index (χ1) is 10.1. The van der Waals surface area contributed by atoms with Gasteiger partial charge in [-0.2, -0.15) is 0 Å². The van der Waals surface area contributed by atoms with Crippen LogP contribution in [0.3, 0.4) is 0 Å². The molecular formula is C16H24ClN3O2. The average molecular weight is 326 g/mol. The van der Waals surface area contributed by atoms with E-state index in [9.17, 15) is 9.59 Å². The van der Waals surface area contributed by atoms with Gasteiger partial charge in [0.15, 0.2) is 0 Å². The first kappa shape index (κ1) is 18.5. The van der Waals surface area contributed by atoms with Gasteiger partial charge in [0, 0.05) is 5.69 Å². The molecule has 3 N–H and O–H groups in total. The molecule has 0 aliphatic carbocycles. The van der Waals surface area contributed by atoms with Crippen molar-refractivity contribution in [1.82, 2.24) is 10.6 Å². The van der Waals surface area contributed by atoms with E-state index in [-0.39, 0.29) is 36.8 Å². The van der Waals surface area contributed by atoms with Crippen molar-refractivity contribution in [1.29, 1.82) is 0 Å². The predicted octanol–water partition coefficient (Wildman–Crippen LogP) is 1.92. The second kappa shape index (κ2) is 8.76. The number of hydrogen-bond acceptors (Lipinski definition) is 3. The summed E-state index contributed by atoms with van der Waals surface area (Å²) < 4.78 is 0. The molecule has 2 amide bonds. The number of amides is 2. The molecule has 1 unspecified atom stereocenters. The maximum absolute atomic E-state index is 12.0. The van der Waals surface area contributed by atoms with Crippen LogP contribution in [0, 0.1) is 13.8 Å². The summed E-state index contributed by atoms with van der Waals surface area (Å²) in [5, 5.41) is 8.73. The quantitative estimate of drug-likeness (QED) is 0.792. The fourth-order valence-corrected chi connectivity index (χ4v) is 2.56. The Balaban J connectivity index is 0.00000242. The van der Waals surface area contributed by atoms with Crippen LogP contribution >= 0.6 is 12.4 Å². The van der Waals surface area contributed by atoms with Crippen LogP contribution in [-0.2, 0) is 9.59 Å². The number of halogens is 1. The number of hydrogen-bond donors (Lipinski definition) is 3. The Labute approximate surface area is 137 Å². The Morgan fingerprint density at radius 3 is 2.50 bits per heavy atom. The molecular weight excluding hydrogens is 302 g/mol. The van der Waals surface area contributed by atoms with Crippen molar-refractivity contribution in [3.63, 3.8) is 0 Å². The summed E-state index contributed by atoms with van der Waals surface area (Å²) in [5.41, 5.74) is 2.86. The van der Waals surface area contributed by atoms with E-state index in [0.717, 1.165) is 42.6 Å². The molecule has 5 nitrogen and oxygen atoms in total. The molecule has 1 aromatic rings. The minimum Gasteiger partial charge on any atom is -0.346 e. The van der Waals surface area contributed by atoms with Gasteiger partial charge in [-0.05, 0) is 44.4 Å². The lowest BCUT2D eigenvalue weighted by Crippen LogP contribution is -2.48. The molecule has 6 heteroatoms. The van der Waals surface area contributed by atoms with Gasteiger partial charge < -0.3 is 16.0 Å². The average Bonchev–Trinajstić information content (AvgIpc) is 2.49. The number of nitrogens with one attached hydrogen (secondary N) is 3. The third-order valence-corrected chi connectivity index (χ3v) is 3.80. The molecule has 1 aromatic carbocycles. The molecule has 22 heavy (non-hydrogen) atoms. The third-order valence-electron chi connectivity index (χ3n) is 3.80. The molecule has 1 atom stereocenters. The van der Waals surface area contributed by atoms with Crippen molar-refractivity contribution >= 4 is 29.9 Å². The van der Waals surface area contributed by atoms with Crippen molar-refractivity contribution in [2.75, 3.05) is 18.4 Å². The number of carbonyl (C=O) groups excluding carboxylic acids is 2. The molecule has 0 aromatic heterocycles. The second-order valence-corrected chi connectivity index (χ2v) is 5.54. The Bertz CT molecular complexity index is 508. The van der Waals surface area contributed by atoms with E-state index in [1.807, 2.05) is 32.0 Å². The number of benzene rings is 1. The van der Waals surface area contributed by atoms with E-state index in [1.165, 1.54) is 0 Å². The molecule has 1 saturated heterocycles. The minimum atomic E-state index is -0.198. The van der Waals surface area contributed by atoms with Gasteiger partial charge >= 0.3 is 0 Å². The summed E-state index contributed by atoms with van der Waals surface area (Å²) in [6.45, 7) is 4.78. The Morgan fingerprint density at radius 1 is 1.23 bits per heavy atom. The summed E-state index contributed by atoms with van der Waals surface area (Å²) in [6.07, 6.45) is 3.00. The van der Waals surface area contributed by atoms with Crippen molar-refractivity contribution in [2.45, 2.75) is 39.2 Å². The first-order valence-corrected chi connectivity index (χ1v) is 7.45. The smallest absolute Gasteiger partial charge is 0.243 e. The van der Waals surface area contributed by atoms with E-state index in [4.69, 9.17) is 0 Å². The highest BCUT2D eigenvalue weighted by molar-refractivity contribution is 5.96. The highest BCUT2D eigenvalue weighted by atomic mass is 35.5. The highest BCUT2D eigenvalue weighted by Gasteiger charge is 2.20. The van der Waals surface area contributed by atoms with Gasteiger partial charge in [0.2, 0.25) is 11.8 Å². The van der Waals surface area contributed by atoms with Crippen LogP contribution in [0.4, 0.5) is 5.69 Å². The molecule has 0 saturated carbocycles. The number of rotatable bonds is 4. The molecule has 2 rings (SSSR count). The monoisotopic (exact) mass is 325 g/mol. The molecule has 0 spiro atoms. The standard InChI is InChI=1S/C16H23N3O2.ClH/c1-11-6-5-7-12(2)15(11)19-14(20)10-18-16(21)13-8-3-4-9-17-13;/h5-7,13,17H,3-4,8-10H2,1-2H3,(H,18,21)(H,19,20);1H. The molecule has 122 valence electrons. The largest absolute Gasteiger partial charge is 0.346 e. The molecule has 1 aliphatic heterocycles. The fourth-order valence-electron chi connectivity index (χ4n) is 2.56. The third kappa shape index (κ3) is 5.00. The van der Waals surface area contributed by atoms with E-state index in [0.29, 0.717) is 0 Å². The Morgan fingerprint density at radius 2 is 1.91 bits per heavy atom. The van der Waals surface area contributed by atoms with Crippen LogP contribution in [0.1, 0.15) is 30.4 Å². The zero-order valence-corrected chi connectivity index (χ0v) is 13.9. The number of aryl methyl sites for hydroxylation is 2. The number of carbonyl (C=O) groups is 2. The van der Waals surface area contributed by atoms with Gasteiger partial charge in [0.1, 0.15) is 0 Å². The molecule has 0 radical (unpaired) electrons. The van der Waals surface area contributed by atoms with Crippen LogP contribution in [0.5, 0.6) is 0 Å². The van der Waals surface area contributed by atoms with Gasteiger partial charge in [-0.1, -0.05) is 24.6 Å². The van der Waals surface area contributed by atoms with Crippen LogP contribution < -0.4 is 16.0 Å². The van der Waals surface area contributed by atoms with Crippen LogP contribution in [0.15, 0.2) is 18.2 Å². The number of piperidine rings is 1. The summed E-state index contributed by atoms with van der Waals surface area (Å²) in [5.74, 6) is -0.289. The maximum atomic E-state index is 12.0. The van der Waals surface area contributed by atoms with E-state index < -0.39 is 0 Å². The van der Waals surface area contributed by atoms with Crippen molar-refractivity contribution in [3.05, 3.63) is 29.3 Å². The fraction of sp³-hybridized carbons (Fsp3) is 0.500. The molecule has 1 aliphatic rings. The second-order valence-electron chi connectivity index (χ2n) is 5.54. The minimum absolute atomic E-state index is 0. The molecule has 0 bridgehead atoms. The zero-order chi connectivity index (χ0) is 15.2. The van der Waals surface area contributed by atoms with Crippen molar-refractivity contribution < 1.29 is 9.59 Å². The summed E-state index contributed by atoms with van der Waals surface area (Å²) in [7, 11) is 0. The van der Waals surface area contributed by atoms with Gasteiger partial charge in [0.25, 0.3) is 0 Å². The van der Waals surface area contributed by atoms with Crippen LogP contribution in [0.2, 0.25) is 0 Å². The SMILES string of the molecule is Cc1cccc(C)c1NC(=O)CNC(=O)C1CCCCN1.Cl. The Kier molecular flexibility index (Phi) is 7.35. The summed E-state index contributed by atoms with van der Waals surface area (Å²) in [6, 6.07) is 5.70. The van der Waals surface area contributed by atoms with Crippen LogP contribution in [-0.4, -0.2) is 30.9 Å². The van der Waals surface area contributed by atoms with E-state index >= 15 is 0 Å². The van der Waals surface area contributed by atoms with E-state index in [2.05, 4.69) is 16.0 Å². The lowest BCUT2D eigenvalue weighted by Gasteiger charge is -2.22. The normalized spacial score (nSPS) is 17.3.